The first-order chi connectivity index (χ1) is 10.1. The molecular formula is C14H16ClNO5. The third-order valence-corrected chi connectivity index (χ3v) is 3.46. The molecule has 1 heterocycles. The highest BCUT2D eigenvalue weighted by Gasteiger charge is 2.29. The Labute approximate surface area is 127 Å². The average Bonchev–Trinajstić information content (AvgIpc) is 2.46. The molecule has 6 nitrogen and oxygen atoms in total. The number of rotatable bonds is 5. The zero-order valence-corrected chi connectivity index (χ0v) is 12.1. The van der Waals surface area contributed by atoms with Crippen LogP contribution in [0.1, 0.15) is 6.42 Å². The summed E-state index contributed by atoms with van der Waals surface area (Å²) in [5.74, 6) is -0.810. The van der Waals surface area contributed by atoms with Gasteiger partial charge in [0.05, 0.1) is 30.7 Å². The van der Waals surface area contributed by atoms with Gasteiger partial charge in [-0.3, -0.25) is 9.59 Å². The molecule has 0 aromatic heterocycles. The Balaban J connectivity index is 1.94. The SMILES string of the molecule is O=C(O)CC1COCCN1C(=O)COc1ccccc1Cl. The number of amides is 1. The van der Waals surface area contributed by atoms with E-state index in [0.29, 0.717) is 23.9 Å². The summed E-state index contributed by atoms with van der Waals surface area (Å²) in [5.41, 5.74) is 0. The van der Waals surface area contributed by atoms with Crippen LogP contribution in [0.3, 0.4) is 0 Å². The van der Waals surface area contributed by atoms with Crippen molar-refractivity contribution in [1.82, 2.24) is 4.90 Å². The van der Waals surface area contributed by atoms with Crippen LogP contribution in [0.25, 0.3) is 0 Å². The molecule has 1 N–H and O–H groups in total. The summed E-state index contributed by atoms with van der Waals surface area (Å²) in [4.78, 5) is 24.5. The second kappa shape index (κ2) is 7.28. The van der Waals surface area contributed by atoms with E-state index in [1.165, 1.54) is 4.90 Å². The number of carboxylic acids is 1. The molecule has 114 valence electrons. The number of aliphatic carboxylic acids is 1. The molecular weight excluding hydrogens is 298 g/mol. The van der Waals surface area contributed by atoms with Crippen molar-refractivity contribution < 1.29 is 24.2 Å². The third kappa shape index (κ3) is 4.34. The normalized spacial score (nSPS) is 18.3. The fraction of sp³-hybridized carbons (Fsp3) is 0.429. The van der Waals surface area contributed by atoms with Crippen molar-refractivity contribution >= 4 is 23.5 Å². The maximum Gasteiger partial charge on any atom is 0.305 e. The summed E-state index contributed by atoms with van der Waals surface area (Å²) >= 11 is 5.94. The first-order valence-electron chi connectivity index (χ1n) is 6.54. The van der Waals surface area contributed by atoms with Gasteiger partial charge in [-0.25, -0.2) is 0 Å². The Kier molecular flexibility index (Phi) is 5.41. The molecule has 1 aliphatic rings. The van der Waals surface area contributed by atoms with Gasteiger partial charge in [0, 0.05) is 6.54 Å². The molecule has 1 unspecified atom stereocenters. The maximum absolute atomic E-state index is 12.2. The monoisotopic (exact) mass is 313 g/mol. The number of halogens is 1. The second-order valence-electron chi connectivity index (χ2n) is 4.63. The summed E-state index contributed by atoms with van der Waals surface area (Å²) in [7, 11) is 0. The van der Waals surface area contributed by atoms with Gasteiger partial charge in [-0.05, 0) is 12.1 Å². The molecule has 2 rings (SSSR count). The smallest absolute Gasteiger partial charge is 0.305 e. The predicted molar refractivity (Wildman–Crippen MR) is 75.5 cm³/mol. The molecule has 21 heavy (non-hydrogen) atoms. The Morgan fingerprint density at radius 2 is 2.19 bits per heavy atom. The number of nitrogens with zero attached hydrogens (tertiary/aromatic N) is 1. The second-order valence-corrected chi connectivity index (χ2v) is 5.04. The number of hydrogen-bond donors (Lipinski definition) is 1. The van der Waals surface area contributed by atoms with E-state index < -0.39 is 12.0 Å². The van der Waals surface area contributed by atoms with Crippen LogP contribution in [-0.2, 0) is 14.3 Å². The van der Waals surface area contributed by atoms with Gasteiger partial charge in [-0.1, -0.05) is 23.7 Å². The van der Waals surface area contributed by atoms with Gasteiger partial charge in [0.25, 0.3) is 5.91 Å². The van der Waals surface area contributed by atoms with Gasteiger partial charge in [0.15, 0.2) is 6.61 Å². The molecule has 0 saturated carbocycles. The van der Waals surface area contributed by atoms with Gasteiger partial charge >= 0.3 is 5.97 Å². The number of morpholine rings is 1. The lowest BCUT2D eigenvalue weighted by Gasteiger charge is -2.34. The van der Waals surface area contributed by atoms with Crippen molar-refractivity contribution in [1.29, 1.82) is 0 Å². The lowest BCUT2D eigenvalue weighted by atomic mass is 10.1. The van der Waals surface area contributed by atoms with Gasteiger partial charge < -0.3 is 19.5 Å². The standard InChI is InChI=1S/C14H16ClNO5/c15-11-3-1-2-4-12(11)21-9-13(17)16-5-6-20-8-10(16)7-14(18)19/h1-4,10H,5-9H2,(H,18,19). The number of carbonyl (C=O) groups excluding carboxylic acids is 1. The summed E-state index contributed by atoms with van der Waals surface area (Å²) in [6.45, 7) is 0.806. The Hall–Kier alpha value is -1.79. The van der Waals surface area contributed by atoms with Crippen molar-refractivity contribution in [3.8, 4) is 5.75 Å². The zero-order chi connectivity index (χ0) is 15.2. The van der Waals surface area contributed by atoms with E-state index in [-0.39, 0.29) is 25.5 Å². The molecule has 1 aromatic carbocycles. The minimum Gasteiger partial charge on any atom is -0.482 e. The van der Waals surface area contributed by atoms with Crippen LogP contribution in [0.2, 0.25) is 5.02 Å². The fourth-order valence-corrected chi connectivity index (χ4v) is 2.33. The van der Waals surface area contributed by atoms with Crippen LogP contribution in [0.5, 0.6) is 5.75 Å². The molecule has 1 atom stereocenters. The maximum atomic E-state index is 12.2. The lowest BCUT2D eigenvalue weighted by molar-refractivity contribution is -0.147. The van der Waals surface area contributed by atoms with Gasteiger partial charge in [0.2, 0.25) is 0 Å². The van der Waals surface area contributed by atoms with Crippen LogP contribution in [0, 0.1) is 0 Å². The largest absolute Gasteiger partial charge is 0.482 e. The van der Waals surface area contributed by atoms with Crippen LogP contribution in [0.15, 0.2) is 24.3 Å². The van der Waals surface area contributed by atoms with Gasteiger partial charge in [-0.2, -0.15) is 0 Å². The van der Waals surface area contributed by atoms with E-state index in [1.807, 2.05) is 0 Å². The minimum absolute atomic E-state index is 0.141. The molecule has 1 aliphatic heterocycles. The van der Waals surface area contributed by atoms with E-state index in [0.717, 1.165) is 0 Å². The molecule has 0 spiro atoms. The van der Waals surface area contributed by atoms with Gasteiger partial charge in [0.1, 0.15) is 5.75 Å². The number of para-hydroxylation sites is 1. The van der Waals surface area contributed by atoms with Crippen molar-refractivity contribution in [2.75, 3.05) is 26.4 Å². The quantitative estimate of drug-likeness (QED) is 0.889. The molecule has 7 heteroatoms. The number of hydrogen-bond acceptors (Lipinski definition) is 4. The first-order valence-corrected chi connectivity index (χ1v) is 6.92. The van der Waals surface area contributed by atoms with E-state index in [4.69, 9.17) is 26.2 Å². The molecule has 1 saturated heterocycles. The van der Waals surface area contributed by atoms with Crippen LogP contribution in [0.4, 0.5) is 0 Å². The minimum atomic E-state index is -0.963. The highest BCUT2D eigenvalue weighted by Crippen LogP contribution is 2.23. The Bertz CT molecular complexity index is 522. The highest BCUT2D eigenvalue weighted by molar-refractivity contribution is 6.32. The van der Waals surface area contributed by atoms with Crippen molar-refractivity contribution in [3.05, 3.63) is 29.3 Å². The van der Waals surface area contributed by atoms with Crippen LogP contribution < -0.4 is 4.74 Å². The number of ether oxygens (including phenoxy) is 2. The summed E-state index contributed by atoms with van der Waals surface area (Å²) < 4.78 is 10.6. The van der Waals surface area contributed by atoms with Crippen LogP contribution in [-0.4, -0.2) is 54.3 Å². The van der Waals surface area contributed by atoms with Crippen molar-refractivity contribution in [3.63, 3.8) is 0 Å². The predicted octanol–water partition coefficient (Wildman–Crippen LogP) is 1.42. The van der Waals surface area contributed by atoms with E-state index in [2.05, 4.69) is 0 Å². The Morgan fingerprint density at radius 3 is 2.90 bits per heavy atom. The number of benzene rings is 1. The molecule has 0 radical (unpaired) electrons. The zero-order valence-electron chi connectivity index (χ0n) is 11.3. The topological polar surface area (TPSA) is 76.1 Å². The number of carbonyl (C=O) groups is 2. The van der Waals surface area contributed by atoms with Crippen LogP contribution >= 0.6 is 11.6 Å². The van der Waals surface area contributed by atoms with E-state index in [9.17, 15) is 9.59 Å². The van der Waals surface area contributed by atoms with Crippen molar-refractivity contribution in [2.24, 2.45) is 0 Å². The molecule has 1 fully saturated rings. The fourth-order valence-electron chi connectivity index (χ4n) is 2.14. The first kappa shape index (κ1) is 15.6. The summed E-state index contributed by atoms with van der Waals surface area (Å²) in [5, 5.41) is 9.29. The molecule has 0 aliphatic carbocycles. The van der Waals surface area contributed by atoms with Crippen molar-refractivity contribution in [2.45, 2.75) is 12.5 Å². The van der Waals surface area contributed by atoms with E-state index >= 15 is 0 Å². The van der Waals surface area contributed by atoms with Gasteiger partial charge in [-0.15, -0.1) is 0 Å². The average molecular weight is 314 g/mol. The van der Waals surface area contributed by atoms with E-state index in [1.54, 1.807) is 24.3 Å². The molecule has 1 aromatic rings. The molecule has 1 amide bonds. The summed E-state index contributed by atoms with van der Waals surface area (Å²) in [6.07, 6.45) is -0.141. The number of carboxylic acid groups (broad SMARTS) is 1. The Morgan fingerprint density at radius 1 is 1.43 bits per heavy atom. The third-order valence-electron chi connectivity index (χ3n) is 3.15. The summed E-state index contributed by atoms with van der Waals surface area (Å²) in [6, 6.07) is 6.40. The molecule has 0 bridgehead atoms. The lowest BCUT2D eigenvalue weighted by Crippen LogP contribution is -2.51. The highest BCUT2D eigenvalue weighted by atomic mass is 35.5.